The summed E-state index contributed by atoms with van der Waals surface area (Å²) in [4.78, 5) is 8.25. The van der Waals surface area contributed by atoms with Gasteiger partial charge in [0, 0.05) is 0 Å². The standard InChI is InChI=1S/Cr.NO3.2H2O.Zn/c;2-1(3)4;;;/h;;2*1H2;/q+3;-1;;;+2/p-1. The molecule has 0 rings (SSSR count). The van der Waals surface area contributed by atoms with Crippen molar-refractivity contribution in [1.29, 1.82) is 0 Å². The summed E-state index contributed by atoms with van der Waals surface area (Å²) in [6.45, 7) is 0. The summed E-state index contributed by atoms with van der Waals surface area (Å²) in [6, 6.07) is 0. The predicted octanol–water partition coefficient (Wildman–Crippen LogP) is -1.25. The second-order valence-electron chi connectivity index (χ2n) is 0.224. The topological polar surface area (TPSA) is 128 Å². The zero-order valence-electron chi connectivity index (χ0n) is 3.73. The average Bonchev–Trinajstić information content (AvgIpc) is 0.811. The molecule has 0 aliphatic rings. The molecule has 0 spiro atoms. The molecule has 0 amide bonds. The van der Waals surface area contributed by atoms with E-state index < -0.39 is 5.09 Å². The molecule has 3 N–H and O–H groups in total. The van der Waals surface area contributed by atoms with Crippen molar-refractivity contribution in [3.8, 4) is 0 Å². The third-order valence-electron chi connectivity index (χ3n) is 0. The van der Waals surface area contributed by atoms with Crippen molar-refractivity contribution in [1.82, 2.24) is 0 Å². The van der Waals surface area contributed by atoms with E-state index in [9.17, 15) is 0 Å². The van der Waals surface area contributed by atoms with Gasteiger partial charge in [-0.3, -0.25) is 0 Å². The number of nitrogens with zero attached hydrogens (tertiary/aromatic N) is 1. The Balaban J connectivity index is -0.00000000750. The fourth-order valence-electron chi connectivity index (χ4n) is 0. The van der Waals surface area contributed by atoms with Crippen LogP contribution in [0.15, 0.2) is 0 Å². The molecule has 0 aliphatic carbocycles. The molecule has 0 fully saturated rings. The van der Waals surface area contributed by atoms with Crippen LogP contribution in [0, 0.1) is 15.3 Å². The van der Waals surface area contributed by atoms with Crippen molar-refractivity contribution in [2.75, 3.05) is 0 Å². The van der Waals surface area contributed by atoms with Gasteiger partial charge >= 0.3 is 36.8 Å². The fourth-order valence-corrected chi connectivity index (χ4v) is 0. The molecular weight excluding hydrogens is 211 g/mol. The number of hydrogen-bond acceptors (Lipinski definition) is 4. The third-order valence-corrected chi connectivity index (χ3v) is 0. The Morgan fingerprint density at radius 2 is 1.25 bits per heavy atom. The molecule has 0 heterocycles. The SMILES string of the molecule is O.O=[N+]([O-])[O-].[Cr+3].[OH-].[Zn+2]. The van der Waals surface area contributed by atoms with Crippen molar-refractivity contribution in [2.45, 2.75) is 0 Å². The molecule has 0 aromatic carbocycles. The van der Waals surface area contributed by atoms with Gasteiger partial charge in [-0.05, 0) is 0 Å². The van der Waals surface area contributed by atoms with Crippen LogP contribution in [-0.2, 0) is 36.8 Å². The van der Waals surface area contributed by atoms with Gasteiger partial charge in [-0.1, -0.05) is 0 Å². The molecule has 1 radical (unpaired) electrons. The van der Waals surface area contributed by atoms with E-state index in [0.717, 1.165) is 0 Å². The summed E-state index contributed by atoms with van der Waals surface area (Å²) in [5, 5.41) is 14.8. The van der Waals surface area contributed by atoms with Crippen molar-refractivity contribution in [2.24, 2.45) is 0 Å². The molecule has 0 unspecified atom stereocenters. The average molecular weight is 214 g/mol. The minimum Gasteiger partial charge on any atom is -0.870 e. The molecule has 6 nitrogen and oxygen atoms in total. The van der Waals surface area contributed by atoms with Crippen LogP contribution < -0.4 is 0 Å². The van der Waals surface area contributed by atoms with Gasteiger partial charge in [0.2, 0.25) is 0 Å². The van der Waals surface area contributed by atoms with Crippen LogP contribution in [0.5, 0.6) is 0 Å². The van der Waals surface area contributed by atoms with E-state index >= 15 is 0 Å². The Kier molecular flexibility index (Phi) is 136. The van der Waals surface area contributed by atoms with Crippen LogP contribution in [0.25, 0.3) is 0 Å². The minimum atomic E-state index is -1.75. The van der Waals surface area contributed by atoms with Crippen LogP contribution in [0.1, 0.15) is 0 Å². The predicted molar refractivity (Wildman–Crippen MR) is 15.9 cm³/mol. The van der Waals surface area contributed by atoms with Crippen LogP contribution in [0.4, 0.5) is 0 Å². The summed E-state index contributed by atoms with van der Waals surface area (Å²) in [5.41, 5.74) is 0. The first-order valence-electron chi connectivity index (χ1n) is 0.548. The maximum Gasteiger partial charge on any atom is 3.00 e. The molecule has 8 heteroatoms. The summed E-state index contributed by atoms with van der Waals surface area (Å²) >= 11 is 0. The van der Waals surface area contributed by atoms with Crippen LogP contribution in [0.3, 0.4) is 0 Å². The van der Waals surface area contributed by atoms with Gasteiger partial charge in [-0.2, -0.15) is 0 Å². The minimum absolute atomic E-state index is 0. The largest absolute Gasteiger partial charge is 3.00 e. The molecule has 43 valence electrons. The third kappa shape index (κ3) is 2300. The Bertz CT molecular complexity index is 35.4. The molecule has 0 atom stereocenters. The van der Waals surface area contributed by atoms with E-state index in [2.05, 4.69) is 0 Å². The molecular formula is H3CrNO5Zn+3. The molecule has 8 heavy (non-hydrogen) atoms. The second-order valence-corrected chi connectivity index (χ2v) is 0.224. The van der Waals surface area contributed by atoms with Gasteiger partial charge in [0.15, 0.2) is 0 Å². The van der Waals surface area contributed by atoms with E-state index in [-0.39, 0.29) is 47.8 Å². The Hall–Kier alpha value is 0.276. The van der Waals surface area contributed by atoms with Crippen molar-refractivity contribution < 1.29 is 52.9 Å². The van der Waals surface area contributed by atoms with Gasteiger partial charge in [0.1, 0.15) is 0 Å². The normalized spacial score (nSPS) is 3.00. The van der Waals surface area contributed by atoms with Gasteiger partial charge < -0.3 is 26.3 Å². The Morgan fingerprint density at radius 1 is 1.25 bits per heavy atom. The van der Waals surface area contributed by atoms with E-state index in [0.29, 0.717) is 0 Å². The first-order valence-corrected chi connectivity index (χ1v) is 0.548. The zero-order chi connectivity index (χ0) is 3.58. The summed E-state index contributed by atoms with van der Waals surface area (Å²) in [7, 11) is 0. The molecule has 0 saturated heterocycles. The molecule has 0 bridgehead atoms. The first-order chi connectivity index (χ1) is 1.73. The van der Waals surface area contributed by atoms with Crippen molar-refractivity contribution in [3.63, 3.8) is 0 Å². The van der Waals surface area contributed by atoms with Crippen LogP contribution in [0.2, 0.25) is 0 Å². The Labute approximate surface area is 68.5 Å². The fraction of sp³-hybridized carbons (Fsp3) is 0. The monoisotopic (exact) mass is 213 g/mol. The second kappa shape index (κ2) is 26.7. The van der Waals surface area contributed by atoms with Crippen molar-refractivity contribution >= 4 is 0 Å². The van der Waals surface area contributed by atoms with Gasteiger partial charge in [-0.25, -0.2) is 0 Å². The van der Waals surface area contributed by atoms with Gasteiger partial charge in [0.25, 0.3) is 0 Å². The zero-order valence-corrected chi connectivity index (χ0v) is 7.98. The Morgan fingerprint density at radius 3 is 1.25 bits per heavy atom. The van der Waals surface area contributed by atoms with Crippen LogP contribution in [-0.4, -0.2) is 16.0 Å². The van der Waals surface area contributed by atoms with Gasteiger partial charge in [0.05, 0.1) is 5.09 Å². The summed E-state index contributed by atoms with van der Waals surface area (Å²) in [5.74, 6) is 0. The summed E-state index contributed by atoms with van der Waals surface area (Å²) < 4.78 is 0. The first kappa shape index (κ1) is 40.8. The smallest absolute Gasteiger partial charge is 0.870 e. The maximum absolute atomic E-state index is 8.25. The molecule has 0 aromatic rings. The molecule has 0 aromatic heterocycles. The van der Waals surface area contributed by atoms with Crippen LogP contribution >= 0.6 is 0 Å². The van der Waals surface area contributed by atoms with E-state index in [1.54, 1.807) is 0 Å². The van der Waals surface area contributed by atoms with Crippen molar-refractivity contribution in [3.05, 3.63) is 15.3 Å². The quantitative estimate of drug-likeness (QED) is 0.283. The number of hydrogen-bond donors (Lipinski definition) is 0. The molecule has 0 saturated carbocycles. The molecule has 0 aliphatic heterocycles. The van der Waals surface area contributed by atoms with E-state index in [1.165, 1.54) is 0 Å². The van der Waals surface area contributed by atoms with Gasteiger partial charge in [-0.15, -0.1) is 0 Å². The van der Waals surface area contributed by atoms with E-state index in [4.69, 9.17) is 15.3 Å². The maximum atomic E-state index is 8.25. The summed E-state index contributed by atoms with van der Waals surface area (Å²) in [6.07, 6.45) is 0. The van der Waals surface area contributed by atoms with E-state index in [1.807, 2.05) is 0 Å². The number of rotatable bonds is 0.